The normalized spacial score (nSPS) is 16.9. The van der Waals surface area contributed by atoms with Gasteiger partial charge in [0.05, 0.1) is 0 Å². The van der Waals surface area contributed by atoms with E-state index < -0.39 is 17.6 Å². The van der Waals surface area contributed by atoms with Gasteiger partial charge in [0.15, 0.2) is 0 Å². The van der Waals surface area contributed by atoms with E-state index in [0.29, 0.717) is 30.3 Å². The zero-order chi connectivity index (χ0) is 34.3. The number of ketones is 1. The van der Waals surface area contributed by atoms with Gasteiger partial charge < -0.3 is 21.1 Å². The second-order valence-electron chi connectivity index (χ2n) is 13.5. The van der Waals surface area contributed by atoms with Gasteiger partial charge in [0.25, 0.3) is 0 Å². The van der Waals surface area contributed by atoms with E-state index in [4.69, 9.17) is 10.5 Å². The predicted octanol–water partition coefficient (Wildman–Crippen LogP) is 5.91. The zero-order valence-electron chi connectivity index (χ0n) is 28.0. The van der Waals surface area contributed by atoms with Crippen molar-refractivity contribution in [1.29, 1.82) is 0 Å². The van der Waals surface area contributed by atoms with Crippen molar-refractivity contribution in [2.24, 2.45) is 17.8 Å². The molecule has 1 atom stereocenters. The molecule has 12 nitrogen and oxygen atoms in total. The number of nitrogen functional groups attached to an aromatic ring is 1. The van der Waals surface area contributed by atoms with E-state index in [0.717, 1.165) is 53.6 Å². The van der Waals surface area contributed by atoms with Crippen LogP contribution in [0, 0.1) is 24.7 Å². The molecule has 0 aliphatic heterocycles. The number of hydrogen-bond donors (Lipinski definition) is 4. The summed E-state index contributed by atoms with van der Waals surface area (Å²) in [5.74, 6) is 0.425. The molecular weight excluding hydrogens is 608 g/mol. The molecule has 2 aromatic heterocycles. The fourth-order valence-corrected chi connectivity index (χ4v) is 6.12. The molecule has 2 amide bonds. The van der Waals surface area contributed by atoms with Gasteiger partial charge >= 0.3 is 6.09 Å². The number of carbonyl (C=O) groups excluding carboxylic acids is 3. The first-order valence-electron chi connectivity index (χ1n) is 16.4. The van der Waals surface area contributed by atoms with Crippen LogP contribution in [0.2, 0.25) is 0 Å². The highest BCUT2D eigenvalue weighted by Crippen LogP contribution is 2.32. The smallest absolute Gasteiger partial charge is 0.407 e. The molecular formula is C36H44N8O4. The Morgan fingerprint density at radius 1 is 0.958 bits per heavy atom. The number of nitrogens with two attached hydrogens (primary N) is 1. The second-order valence-corrected chi connectivity index (χ2v) is 13.5. The average molecular weight is 653 g/mol. The number of aromatic nitrogens is 5. The number of nitrogens with one attached hydrogen (secondary N) is 3. The molecule has 0 spiro atoms. The van der Waals surface area contributed by atoms with Crippen LogP contribution in [0.3, 0.4) is 0 Å². The monoisotopic (exact) mass is 652 g/mol. The number of anilines is 2. The summed E-state index contributed by atoms with van der Waals surface area (Å²) in [4.78, 5) is 43.8. The van der Waals surface area contributed by atoms with Gasteiger partial charge in [0, 0.05) is 47.3 Å². The first-order chi connectivity index (χ1) is 22.9. The van der Waals surface area contributed by atoms with Crippen LogP contribution in [0.1, 0.15) is 64.1 Å². The van der Waals surface area contributed by atoms with Crippen LogP contribution in [-0.2, 0) is 20.7 Å². The van der Waals surface area contributed by atoms with Crippen molar-refractivity contribution in [1.82, 2.24) is 30.9 Å². The Balaban J connectivity index is 1.24. The van der Waals surface area contributed by atoms with E-state index in [2.05, 4.69) is 36.2 Å². The zero-order valence-corrected chi connectivity index (χ0v) is 28.0. The van der Waals surface area contributed by atoms with Crippen molar-refractivity contribution >= 4 is 29.3 Å². The molecule has 252 valence electrons. The number of Topliss-reactive ketones (excluding diaryl/α,β-unsaturated/α-hetero) is 1. The number of H-pyrrole nitrogens is 1. The van der Waals surface area contributed by atoms with Gasteiger partial charge in [0.2, 0.25) is 11.7 Å². The molecule has 2 aromatic carbocycles. The standard InChI is InChI=1S/C36H44N8O4/c1-22-30(17-18-32(37)39-22)25-9-5-23(6-10-25)19-28(34(46)40-29-15-13-27(14-16-29)33-41-43-44-42-33)20-31(45)26-11-7-24(8-12-26)21-38-35(47)48-36(2,3)4/h5-6,9-10,13-18,24,26,28H,7-8,11-12,19-21H2,1-4H3,(H2,37,39)(H,38,47)(H,40,46)(H,41,42,43,44)/t24?,26?,28-/m1/s1. The maximum absolute atomic E-state index is 13.7. The van der Waals surface area contributed by atoms with E-state index in [-0.39, 0.29) is 29.9 Å². The molecule has 4 aromatic rings. The first kappa shape index (κ1) is 34.2. The lowest BCUT2D eigenvalue weighted by atomic mass is 9.77. The highest BCUT2D eigenvalue weighted by molar-refractivity contribution is 5.96. The highest BCUT2D eigenvalue weighted by atomic mass is 16.6. The van der Waals surface area contributed by atoms with Gasteiger partial charge in [-0.15, -0.1) is 10.2 Å². The molecule has 1 fully saturated rings. The topological polar surface area (TPSA) is 178 Å². The van der Waals surface area contributed by atoms with Gasteiger partial charge in [-0.3, -0.25) is 9.59 Å². The number of amides is 2. The fraction of sp³-hybridized carbons (Fsp3) is 0.417. The van der Waals surface area contributed by atoms with Crippen LogP contribution in [-0.4, -0.2) is 55.5 Å². The summed E-state index contributed by atoms with van der Waals surface area (Å²) in [5.41, 5.74) is 10.4. The van der Waals surface area contributed by atoms with Crippen molar-refractivity contribution in [2.45, 2.75) is 71.8 Å². The summed E-state index contributed by atoms with van der Waals surface area (Å²) in [7, 11) is 0. The number of carbonyl (C=O) groups is 3. The Labute approximate surface area is 280 Å². The molecule has 0 radical (unpaired) electrons. The molecule has 2 heterocycles. The third-order valence-electron chi connectivity index (χ3n) is 8.66. The third-order valence-corrected chi connectivity index (χ3v) is 8.66. The number of tetrazole rings is 1. The van der Waals surface area contributed by atoms with Crippen LogP contribution in [0.25, 0.3) is 22.5 Å². The summed E-state index contributed by atoms with van der Waals surface area (Å²) < 4.78 is 5.35. The van der Waals surface area contributed by atoms with Crippen molar-refractivity contribution in [3.05, 3.63) is 71.9 Å². The summed E-state index contributed by atoms with van der Waals surface area (Å²) >= 11 is 0. The second kappa shape index (κ2) is 15.2. The van der Waals surface area contributed by atoms with Crippen LogP contribution in [0.4, 0.5) is 16.3 Å². The number of hydrogen-bond acceptors (Lipinski definition) is 9. The molecule has 1 saturated carbocycles. The molecule has 48 heavy (non-hydrogen) atoms. The lowest BCUT2D eigenvalue weighted by Gasteiger charge is -2.29. The van der Waals surface area contributed by atoms with Gasteiger partial charge in [-0.2, -0.15) is 5.21 Å². The number of nitrogens with zero attached hydrogens (tertiary/aromatic N) is 4. The lowest BCUT2D eigenvalue weighted by molar-refractivity contribution is -0.129. The number of aryl methyl sites for hydroxylation is 1. The summed E-state index contributed by atoms with van der Waals surface area (Å²) in [5, 5.41) is 19.9. The molecule has 0 saturated heterocycles. The predicted molar refractivity (Wildman–Crippen MR) is 184 cm³/mol. The number of benzene rings is 2. The molecule has 5 N–H and O–H groups in total. The quantitative estimate of drug-likeness (QED) is 0.153. The van der Waals surface area contributed by atoms with Crippen LogP contribution in [0.5, 0.6) is 0 Å². The van der Waals surface area contributed by atoms with Crippen molar-refractivity contribution in [2.75, 3.05) is 17.6 Å². The maximum atomic E-state index is 13.7. The Kier molecular flexibility index (Phi) is 10.8. The largest absolute Gasteiger partial charge is 0.444 e. The van der Waals surface area contributed by atoms with Crippen molar-refractivity contribution in [3.63, 3.8) is 0 Å². The molecule has 0 bridgehead atoms. The number of aromatic amines is 1. The van der Waals surface area contributed by atoms with Crippen molar-refractivity contribution in [3.8, 4) is 22.5 Å². The molecule has 1 aliphatic carbocycles. The van der Waals surface area contributed by atoms with E-state index in [1.54, 1.807) is 18.2 Å². The molecule has 0 unspecified atom stereocenters. The molecule has 1 aliphatic rings. The maximum Gasteiger partial charge on any atom is 0.407 e. The summed E-state index contributed by atoms with van der Waals surface area (Å²) in [6, 6.07) is 18.9. The third kappa shape index (κ3) is 9.46. The van der Waals surface area contributed by atoms with Crippen LogP contribution >= 0.6 is 0 Å². The fourth-order valence-electron chi connectivity index (χ4n) is 6.12. The molecule has 12 heteroatoms. The van der Waals surface area contributed by atoms with E-state index >= 15 is 0 Å². The first-order valence-corrected chi connectivity index (χ1v) is 16.4. The van der Waals surface area contributed by atoms with Crippen LogP contribution < -0.4 is 16.4 Å². The minimum atomic E-state index is -0.563. The van der Waals surface area contributed by atoms with Gasteiger partial charge in [-0.25, -0.2) is 9.78 Å². The Hall–Kier alpha value is -5.13. The molecule has 5 rings (SSSR count). The van der Waals surface area contributed by atoms with E-state index in [9.17, 15) is 14.4 Å². The lowest BCUT2D eigenvalue weighted by Crippen LogP contribution is -2.37. The van der Waals surface area contributed by atoms with Crippen LogP contribution in [0.15, 0.2) is 60.7 Å². The minimum absolute atomic E-state index is 0.0985. The minimum Gasteiger partial charge on any atom is -0.444 e. The van der Waals surface area contributed by atoms with E-state index in [1.807, 2.05) is 70.2 Å². The van der Waals surface area contributed by atoms with Crippen molar-refractivity contribution < 1.29 is 19.1 Å². The number of rotatable bonds is 11. The SMILES string of the molecule is Cc1nc(N)ccc1-c1ccc(C[C@H](CC(=O)C2CCC(CNC(=O)OC(C)(C)C)CC2)C(=O)Nc2ccc(-c3nn[nH]n3)cc2)cc1. The Bertz CT molecular complexity index is 1690. The van der Waals surface area contributed by atoms with Gasteiger partial charge in [-0.1, -0.05) is 24.3 Å². The van der Waals surface area contributed by atoms with Gasteiger partial charge in [-0.05, 0) is 118 Å². The Morgan fingerprint density at radius 3 is 2.27 bits per heavy atom. The van der Waals surface area contributed by atoms with Gasteiger partial charge in [0.1, 0.15) is 17.2 Å². The summed E-state index contributed by atoms with van der Waals surface area (Å²) in [6.07, 6.45) is 3.25. The number of ether oxygens (including phenoxy) is 1. The average Bonchev–Trinajstić information content (AvgIpc) is 3.59. The number of alkyl carbamates (subject to hydrolysis) is 1. The Morgan fingerprint density at radius 2 is 1.65 bits per heavy atom. The van der Waals surface area contributed by atoms with E-state index in [1.165, 1.54) is 0 Å². The summed E-state index contributed by atoms with van der Waals surface area (Å²) in [6.45, 7) is 7.94. The highest BCUT2D eigenvalue weighted by Gasteiger charge is 2.31. The number of pyridine rings is 1.